The van der Waals surface area contributed by atoms with E-state index in [0.29, 0.717) is 12.3 Å². The molecule has 2 N–H and O–H groups in total. The molecule has 2 rings (SSSR count). The summed E-state index contributed by atoms with van der Waals surface area (Å²) < 4.78 is 5.18. The van der Waals surface area contributed by atoms with Crippen LogP contribution >= 0.6 is 0 Å². The third-order valence-corrected chi connectivity index (χ3v) is 3.52. The smallest absolute Gasteiger partial charge is 0.133 e. The molecule has 1 aromatic heterocycles. The predicted octanol–water partition coefficient (Wildman–Crippen LogP) is 3.28. The van der Waals surface area contributed by atoms with Crippen LogP contribution in [0.1, 0.15) is 41.5 Å². The lowest BCUT2D eigenvalue weighted by molar-refractivity contribution is 0.144. The predicted molar refractivity (Wildman–Crippen MR) is 76.0 cm³/mol. The van der Waals surface area contributed by atoms with Crippen LogP contribution in [0.2, 0.25) is 0 Å². The Morgan fingerprint density at radius 3 is 2.63 bits per heavy atom. The van der Waals surface area contributed by atoms with Crippen molar-refractivity contribution in [2.75, 3.05) is 6.54 Å². The first-order valence-corrected chi connectivity index (χ1v) is 6.60. The number of hydrogen-bond acceptors (Lipinski definition) is 3. The molecular weight excluding hydrogens is 238 g/mol. The van der Waals surface area contributed by atoms with Gasteiger partial charge in [0.15, 0.2) is 0 Å². The molecule has 2 atom stereocenters. The zero-order valence-electron chi connectivity index (χ0n) is 11.7. The van der Waals surface area contributed by atoms with Crippen molar-refractivity contribution < 1.29 is 9.52 Å². The van der Waals surface area contributed by atoms with Crippen molar-refractivity contribution in [1.29, 1.82) is 0 Å². The van der Waals surface area contributed by atoms with E-state index < -0.39 is 6.10 Å². The summed E-state index contributed by atoms with van der Waals surface area (Å²) in [7, 11) is 0. The Hall–Kier alpha value is -1.58. The highest BCUT2D eigenvalue weighted by Crippen LogP contribution is 2.18. The molecule has 0 spiro atoms. The lowest BCUT2D eigenvalue weighted by Gasteiger charge is -2.17. The monoisotopic (exact) mass is 259 g/mol. The zero-order chi connectivity index (χ0) is 13.8. The largest absolute Gasteiger partial charge is 0.467 e. The minimum Gasteiger partial charge on any atom is -0.467 e. The standard InChI is InChI=1S/C16H21NO2/c1-11-6-7-14(9-12(11)2)13(3)17-10-15(18)16-5-4-8-19-16/h4-9,13,15,17-18H,10H2,1-3H3/t13-,15+/m1/s1. The van der Waals surface area contributed by atoms with Gasteiger partial charge >= 0.3 is 0 Å². The minimum atomic E-state index is -0.607. The summed E-state index contributed by atoms with van der Waals surface area (Å²) in [5, 5.41) is 13.3. The van der Waals surface area contributed by atoms with Crippen LogP contribution in [0.5, 0.6) is 0 Å². The summed E-state index contributed by atoms with van der Waals surface area (Å²) in [6.45, 7) is 6.79. The molecule has 0 amide bonds. The van der Waals surface area contributed by atoms with E-state index in [4.69, 9.17) is 4.42 Å². The average Bonchev–Trinajstić information content (AvgIpc) is 2.92. The van der Waals surface area contributed by atoms with Crippen LogP contribution < -0.4 is 5.32 Å². The molecule has 102 valence electrons. The second-order valence-corrected chi connectivity index (χ2v) is 5.00. The lowest BCUT2D eigenvalue weighted by Crippen LogP contribution is -2.24. The molecule has 0 unspecified atom stereocenters. The Kier molecular flexibility index (Phi) is 4.40. The van der Waals surface area contributed by atoms with Gasteiger partial charge < -0.3 is 14.8 Å². The Bertz CT molecular complexity index is 520. The highest BCUT2D eigenvalue weighted by molar-refractivity contribution is 5.31. The summed E-state index contributed by atoms with van der Waals surface area (Å²) >= 11 is 0. The van der Waals surface area contributed by atoms with Crippen molar-refractivity contribution in [3.63, 3.8) is 0 Å². The number of aryl methyl sites for hydroxylation is 2. The molecule has 1 aromatic carbocycles. The van der Waals surface area contributed by atoms with E-state index in [1.807, 2.05) is 0 Å². The number of furan rings is 1. The van der Waals surface area contributed by atoms with Crippen LogP contribution in [0.25, 0.3) is 0 Å². The normalized spacial score (nSPS) is 14.3. The summed E-state index contributed by atoms with van der Waals surface area (Å²) in [5.41, 5.74) is 3.82. The minimum absolute atomic E-state index is 0.198. The fraction of sp³-hybridized carbons (Fsp3) is 0.375. The topological polar surface area (TPSA) is 45.4 Å². The van der Waals surface area contributed by atoms with Crippen LogP contribution in [0.15, 0.2) is 41.0 Å². The van der Waals surface area contributed by atoms with Gasteiger partial charge in [-0.05, 0) is 49.6 Å². The first-order valence-electron chi connectivity index (χ1n) is 6.60. The molecule has 0 aliphatic rings. The fourth-order valence-electron chi connectivity index (χ4n) is 2.02. The van der Waals surface area contributed by atoms with Gasteiger partial charge in [0, 0.05) is 12.6 Å². The van der Waals surface area contributed by atoms with E-state index in [0.717, 1.165) is 0 Å². The zero-order valence-corrected chi connectivity index (χ0v) is 11.7. The molecule has 3 heteroatoms. The van der Waals surface area contributed by atoms with Gasteiger partial charge in [-0.1, -0.05) is 18.2 Å². The van der Waals surface area contributed by atoms with Crippen LogP contribution in [0, 0.1) is 13.8 Å². The molecule has 0 saturated heterocycles. The fourth-order valence-corrected chi connectivity index (χ4v) is 2.02. The molecule has 1 heterocycles. The van der Waals surface area contributed by atoms with Gasteiger partial charge in [-0.15, -0.1) is 0 Å². The van der Waals surface area contributed by atoms with E-state index in [1.54, 1.807) is 18.4 Å². The molecular formula is C16H21NO2. The third-order valence-electron chi connectivity index (χ3n) is 3.52. The number of rotatable bonds is 5. The number of aliphatic hydroxyl groups is 1. The van der Waals surface area contributed by atoms with E-state index in [2.05, 4.69) is 44.3 Å². The first kappa shape index (κ1) is 13.8. The van der Waals surface area contributed by atoms with Crippen LogP contribution in [-0.4, -0.2) is 11.7 Å². The van der Waals surface area contributed by atoms with Crippen LogP contribution in [0.4, 0.5) is 0 Å². The summed E-state index contributed by atoms with van der Waals surface area (Å²) in [6, 6.07) is 10.2. The van der Waals surface area contributed by atoms with Crippen molar-refractivity contribution in [2.24, 2.45) is 0 Å². The maximum atomic E-state index is 9.95. The second kappa shape index (κ2) is 6.04. The van der Waals surface area contributed by atoms with Gasteiger partial charge in [0.05, 0.1) is 6.26 Å². The molecule has 0 aliphatic carbocycles. The van der Waals surface area contributed by atoms with E-state index >= 15 is 0 Å². The Labute approximate surface area is 114 Å². The van der Waals surface area contributed by atoms with Gasteiger partial charge in [-0.25, -0.2) is 0 Å². The second-order valence-electron chi connectivity index (χ2n) is 5.00. The molecule has 0 aliphatic heterocycles. The van der Waals surface area contributed by atoms with Crippen molar-refractivity contribution in [1.82, 2.24) is 5.32 Å². The summed E-state index contributed by atoms with van der Waals surface area (Å²) in [6.07, 6.45) is 0.967. The third kappa shape index (κ3) is 3.46. The highest BCUT2D eigenvalue weighted by Gasteiger charge is 2.12. The van der Waals surface area contributed by atoms with E-state index in [-0.39, 0.29) is 6.04 Å². The van der Waals surface area contributed by atoms with E-state index in [9.17, 15) is 5.11 Å². The molecule has 0 fully saturated rings. The first-order chi connectivity index (χ1) is 9.08. The molecule has 0 bridgehead atoms. The van der Waals surface area contributed by atoms with Gasteiger partial charge in [0.1, 0.15) is 11.9 Å². The molecule has 0 saturated carbocycles. The van der Waals surface area contributed by atoms with Crippen LogP contribution in [0.3, 0.4) is 0 Å². The summed E-state index contributed by atoms with van der Waals surface area (Å²) in [5.74, 6) is 0.597. The van der Waals surface area contributed by atoms with Gasteiger partial charge in [0.25, 0.3) is 0 Å². The van der Waals surface area contributed by atoms with Crippen molar-refractivity contribution >= 4 is 0 Å². The molecule has 2 aromatic rings. The number of benzene rings is 1. The number of hydrogen-bond donors (Lipinski definition) is 2. The summed E-state index contributed by atoms with van der Waals surface area (Å²) in [4.78, 5) is 0. The van der Waals surface area contributed by atoms with Crippen LogP contribution in [-0.2, 0) is 0 Å². The van der Waals surface area contributed by atoms with Crippen molar-refractivity contribution in [3.8, 4) is 0 Å². The van der Waals surface area contributed by atoms with E-state index in [1.165, 1.54) is 16.7 Å². The van der Waals surface area contributed by atoms with Crippen molar-refractivity contribution in [3.05, 3.63) is 59.0 Å². The SMILES string of the molecule is Cc1ccc([C@@H](C)NC[C@H](O)c2ccco2)cc1C. The maximum absolute atomic E-state index is 9.95. The quantitative estimate of drug-likeness (QED) is 0.866. The number of nitrogens with one attached hydrogen (secondary N) is 1. The van der Waals surface area contributed by atoms with Gasteiger partial charge in [0.2, 0.25) is 0 Å². The van der Waals surface area contributed by atoms with Gasteiger partial charge in [-0.3, -0.25) is 0 Å². The Balaban J connectivity index is 1.93. The Morgan fingerprint density at radius 1 is 1.21 bits per heavy atom. The highest BCUT2D eigenvalue weighted by atomic mass is 16.4. The lowest BCUT2D eigenvalue weighted by atomic mass is 10.0. The molecule has 3 nitrogen and oxygen atoms in total. The maximum Gasteiger partial charge on any atom is 0.133 e. The van der Waals surface area contributed by atoms with Crippen molar-refractivity contribution in [2.45, 2.75) is 32.9 Å². The molecule has 0 radical (unpaired) electrons. The molecule has 19 heavy (non-hydrogen) atoms. The Morgan fingerprint density at radius 2 is 2.00 bits per heavy atom. The average molecular weight is 259 g/mol. The van der Waals surface area contributed by atoms with Gasteiger partial charge in [-0.2, -0.15) is 0 Å². The number of aliphatic hydroxyl groups excluding tert-OH is 1.